The predicted octanol–water partition coefficient (Wildman–Crippen LogP) is 1.77. The Morgan fingerprint density at radius 2 is 1.59 bits per heavy atom. The van der Waals surface area contributed by atoms with E-state index >= 15 is 0 Å². The second kappa shape index (κ2) is 11.6. The molecule has 0 heterocycles. The molecule has 1 fully saturated rings. The van der Waals surface area contributed by atoms with E-state index in [1.807, 2.05) is 0 Å². The number of aliphatic hydroxyl groups is 1. The van der Waals surface area contributed by atoms with Crippen LogP contribution in [0.1, 0.15) is 52.5 Å². The van der Waals surface area contributed by atoms with Gasteiger partial charge in [0.15, 0.2) is 0 Å². The molecule has 0 aliphatic heterocycles. The number of hydrogen-bond donors (Lipinski definition) is 5. The van der Waals surface area contributed by atoms with Gasteiger partial charge in [0.25, 0.3) is 0 Å². The van der Waals surface area contributed by atoms with Crippen LogP contribution in [0.4, 0.5) is 4.79 Å². The van der Waals surface area contributed by atoms with Crippen molar-refractivity contribution in [3.05, 3.63) is 66.2 Å². The number of rotatable bonds is 10. The molecule has 11 nitrogen and oxygen atoms in total. The minimum absolute atomic E-state index is 0.00256. The molecule has 0 saturated heterocycles. The van der Waals surface area contributed by atoms with Gasteiger partial charge in [-0.05, 0) is 0 Å². The van der Waals surface area contributed by atoms with Gasteiger partial charge in [0.05, 0.1) is 0 Å². The third kappa shape index (κ3) is 7.73. The maximum absolute atomic E-state index is 13.4. The van der Waals surface area contributed by atoms with Crippen molar-refractivity contribution >= 4 is 36.5 Å². The van der Waals surface area contributed by atoms with Crippen LogP contribution in [0.3, 0.4) is 0 Å². The summed E-state index contributed by atoms with van der Waals surface area (Å²) in [4.78, 5) is 36.8. The van der Waals surface area contributed by atoms with E-state index < -0.39 is 67.4 Å². The van der Waals surface area contributed by atoms with Crippen LogP contribution in [-0.2, 0) is 27.6 Å². The average molecular weight is 607 g/mol. The third-order valence-electron chi connectivity index (χ3n) is 6.43. The maximum atomic E-state index is 13.4. The number of ether oxygens (including phenoxy) is 1. The second-order valence-electron chi connectivity index (χ2n) is 10.8. The number of carbonyl (C=O) groups excluding carboxylic acids is 2. The van der Waals surface area contributed by atoms with Crippen LogP contribution in [0, 0.1) is 5.92 Å². The Bertz CT molecular complexity index is 1230. The molecule has 1 aliphatic rings. The van der Waals surface area contributed by atoms with E-state index in [1.165, 1.54) is 31.2 Å². The first-order chi connectivity index (χ1) is 18.1. The third-order valence-corrected chi connectivity index (χ3v) is 9.58. The molecular formula is C27H35AsN2O9. The fourth-order valence-electron chi connectivity index (χ4n) is 4.66. The van der Waals surface area contributed by atoms with Crippen molar-refractivity contribution in [1.29, 1.82) is 0 Å². The minimum atomic E-state index is -5.39. The summed E-state index contributed by atoms with van der Waals surface area (Å²) >= 11 is -5.39. The van der Waals surface area contributed by atoms with Crippen molar-refractivity contribution in [1.82, 2.24) is 10.6 Å². The Morgan fingerprint density at radius 1 is 1.05 bits per heavy atom. The van der Waals surface area contributed by atoms with Crippen LogP contribution < -0.4 is 15.0 Å². The molecule has 12 heteroatoms. The molecule has 39 heavy (non-hydrogen) atoms. The van der Waals surface area contributed by atoms with Gasteiger partial charge in [0, 0.05) is 0 Å². The predicted molar refractivity (Wildman–Crippen MR) is 141 cm³/mol. The summed E-state index contributed by atoms with van der Waals surface area (Å²) in [5.74, 6) is -4.86. The van der Waals surface area contributed by atoms with Crippen LogP contribution in [0.25, 0.3) is 0 Å². The van der Waals surface area contributed by atoms with Crippen LogP contribution in [0.5, 0.6) is 0 Å². The molecule has 1 saturated carbocycles. The molecule has 2 aromatic rings. The molecule has 3 unspecified atom stereocenters. The number of aliphatic carboxylic acids is 1. The summed E-state index contributed by atoms with van der Waals surface area (Å²) in [5.41, 5.74) is -2.09. The number of carboxylic acids is 1. The number of amides is 2. The van der Waals surface area contributed by atoms with Crippen molar-refractivity contribution in [2.75, 3.05) is 0 Å². The van der Waals surface area contributed by atoms with E-state index in [2.05, 4.69) is 10.6 Å². The average Bonchev–Trinajstić information content (AvgIpc) is 2.80. The van der Waals surface area contributed by atoms with Gasteiger partial charge in [-0.25, -0.2) is 0 Å². The molecule has 1 aliphatic carbocycles. The van der Waals surface area contributed by atoms with Crippen LogP contribution in [-0.4, -0.2) is 63.6 Å². The Morgan fingerprint density at radius 3 is 2.08 bits per heavy atom. The molecule has 2 amide bonds. The molecule has 3 rings (SSSR count). The van der Waals surface area contributed by atoms with Crippen molar-refractivity contribution in [3.63, 3.8) is 0 Å². The zero-order chi connectivity index (χ0) is 29.1. The summed E-state index contributed by atoms with van der Waals surface area (Å²) in [6.45, 7) is 6.22. The van der Waals surface area contributed by atoms with Gasteiger partial charge in [0.1, 0.15) is 0 Å². The van der Waals surface area contributed by atoms with Gasteiger partial charge in [-0.2, -0.15) is 0 Å². The monoisotopic (exact) mass is 606 g/mol. The Balaban J connectivity index is 2.05. The van der Waals surface area contributed by atoms with Gasteiger partial charge in [-0.3, -0.25) is 0 Å². The van der Waals surface area contributed by atoms with Crippen molar-refractivity contribution in [2.24, 2.45) is 5.92 Å². The topological polar surface area (TPSA) is 171 Å². The standard InChI is InChI=1S/C27H35AsN2O9/c1-18(31)29-22(26(15-19(16-26)23(32)33)30-24(34)38-25(2,3)4)17-27(35,20-11-7-5-8-12-20)39-28(36,37)21-13-9-6-10-14-21/h5-14,19,22,35H,15-17H2,1-4H3,(H,29,31)(H,30,34)(H,32,33)(H,36,37). The number of nitrogens with one attached hydrogen (secondary N) is 2. The van der Waals surface area contributed by atoms with E-state index in [9.17, 15) is 32.4 Å². The fraction of sp³-hybridized carbons (Fsp3) is 0.444. The molecule has 2 aromatic carbocycles. The fourth-order valence-corrected chi connectivity index (χ4v) is 7.27. The first-order valence-electron chi connectivity index (χ1n) is 12.4. The quantitative estimate of drug-likeness (QED) is 0.200. The SMILES string of the molecule is CC(=O)NC(CC(O)(O[As](=O)(O)c1ccccc1)c1ccccc1)C1(NC(=O)OC(C)(C)C)CC(C(=O)O)C1. The first-order valence-corrected chi connectivity index (χ1v) is 15.7. The van der Waals surface area contributed by atoms with Crippen molar-refractivity contribution in [2.45, 2.75) is 69.9 Å². The van der Waals surface area contributed by atoms with Crippen LogP contribution in [0.2, 0.25) is 0 Å². The van der Waals surface area contributed by atoms with E-state index in [-0.39, 0.29) is 22.8 Å². The van der Waals surface area contributed by atoms with E-state index in [0.717, 1.165) is 0 Å². The van der Waals surface area contributed by atoms with Gasteiger partial charge in [0.2, 0.25) is 0 Å². The number of carbonyl (C=O) groups is 3. The van der Waals surface area contributed by atoms with Gasteiger partial charge in [-0.15, -0.1) is 0 Å². The van der Waals surface area contributed by atoms with Crippen LogP contribution in [0.15, 0.2) is 60.7 Å². The summed E-state index contributed by atoms with van der Waals surface area (Å²) in [7, 11) is 0. The zero-order valence-corrected chi connectivity index (χ0v) is 24.2. The Hall–Kier alpha value is -3.11. The molecule has 5 N–H and O–H groups in total. The second-order valence-corrected chi connectivity index (χ2v) is 14.4. The van der Waals surface area contributed by atoms with Gasteiger partial charge >= 0.3 is 230 Å². The summed E-state index contributed by atoms with van der Waals surface area (Å²) in [5, 5.41) is 26.9. The molecule has 3 atom stereocenters. The molecule has 212 valence electrons. The van der Waals surface area contributed by atoms with Gasteiger partial charge in [-0.1, -0.05) is 0 Å². The molecular weight excluding hydrogens is 571 g/mol. The number of carboxylic acid groups (broad SMARTS) is 1. The van der Waals surface area contributed by atoms with E-state index in [1.54, 1.807) is 57.2 Å². The Kier molecular flexibility index (Phi) is 9.01. The van der Waals surface area contributed by atoms with Crippen molar-refractivity contribution in [3.8, 4) is 0 Å². The molecule has 0 bridgehead atoms. The number of benzene rings is 2. The first kappa shape index (κ1) is 30.4. The van der Waals surface area contributed by atoms with Crippen molar-refractivity contribution < 1.29 is 40.9 Å². The van der Waals surface area contributed by atoms with Crippen LogP contribution >= 0.6 is 0 Å². The normalized spacial score (nSPS) is 22.8. The summed E-state index contributed by atoms with van der Waals surface area (Å²) in [6, 6.07) is 14.4. The molecule has 0 aromatic heterocycles. The zero-order valence-electron chi connectivity index (χ0n) is 22.3. The number of alkyl carbamates (subject to hydrolysis) is 1. The Labute approximate surface area is 229 Å². The summed E-state index contributed by atoms with van der Waals surface area (Å²) < 4.78 is 35.3. The number of hydrogen-bond acceptors (Lipinski definition) is 7. The van der Waals surface area contributed by atoms with E-state index in [4.69, 9.17) is 8.46 Å². The summed E-state index contributed by atoms with van der Waals surface area (Å²) in [6.07, 6.45) is -1.50. The molecule has 0 spiro atoms. The van der Waals surface area contributed by atoms with Gasteiger partial charge < -0.3 is 0 Å². The van der Waals surface area contributed by atoms with E-state index in [0.29, 0.717) is 0 Å². The molecule has 0 radical (unpaired) electrons.